The molecule has 80 valence electrons. The SMILES string of the molecule is CCn1nnc(C(Cl)(Cl)C(Cl)(Cl)Cl)n1. The number of alkyl halides is 5. The Morgan fingerprint density at radius 2 is 1.79 bits per heavy atom. The van der Waals surface area contributed by atoms with Crippen molar-refractivity contribution < 1.29 is 0 Å². The van der Waals surface area contributed by atoms with Crippen LogP contribution in [0.4, 0.5) is 0 Å². The van der Waals surface area contributed by atoms with Gasteiger partial charge in [0.2, 0.25) is 14.0 Å². The maximum Gasteiger partial charge on any atom is 0.230 e. The molecule has 1 heterocycles. The van der Waals surface area contributed by atoms with Gasteiger partial charge in [-0.3, -0.25) is 0 Å². The lowest BCUT2D eigenvalue weighted by atomic mass is 10.4. The average molecular weight is 298 g/mol. The molecule has 0 bridgehead atoms. The number of halogens is 5. The average Bonchev–Trinajstić information content (AvgIpc) is 2.49. The Morgan fingerprint density at radius 3 is 2.14 bits per heavy atom. The summed E-state index contributed by atoms with van der Waals surface area (Å²) in [4.78, 5) is 1.28. The Labute approximate surface area is 105 Å². The molecule has 0 saturated heterocycles. The molecule has 1 aromatic heterocycles. The number of rotatable bonds is 2. The second-order valence-electron chi connectivity index (χ2n) is 2.37. The van der Waals surface area contributed by atoms with E-state index in [1.807, 2.05) is 6.92 Å². The quantitative estimate of drug-likeness (QED) is 0.789. The molecule has 1 rings (SSSR count). The van der Waals surface area contributed by atoms with Crippen LogP contribution in [0.5, 0.6) is 0 Å². The summed E-state index contributed by atoms with van der Waals surface area (Å²) in [5.74, 6) is -0.0392. The normalized spacial score (nSPS) is 13.3. The summed E-state index contributed by atoms with van der Waals surface area (Å²) in [5, 5.41) is 11.1. The maximum atomic E-state index is 5.80. The first-order valence-corrected chi connectivity index (χ1v) is 5.41. The number of hydrogen-bond donors (Lipinski definition) is 0. The minimum absolute atomic E-state index is 0.0392. The minimum Gasteiger partial charge on any atom is -0.164 e. The van der Waals surface area contributed by atoms with Gasteiger partial charge in [0.25, 0.3) is 0 Å². The van der Waals surface area contributed by atoms with Gasteiger partial charge in [0.1, 0.15) is 0 Å². The van der Waals surface area contributed by atoms with E-state index in [0.29, 0.717) is 6.54 Å². The number of aryl methyl sites for hydroxylation is 1. The van der Waals surface area contributed by atoms with Gasteiger partial charge in [0.05, 0.1) is 6.54 Å². The van der Waals surface area contributed by atoms with Crippen LogP contribution >= 0.6 is 58.0 Å². The van der Waals surface area contributed by atoms with E-state index < -0.39 is 8.13 Å². The van der Waals surface area contributed by atoms with Crippen molar-refractivity contribution in [2.75, 3.05) is 0 Å². The minimum atomic E-state index is -1.92. The van der Waals surface area contributed by atoms with Gasteiger partial charge in [-0.15, -0.1) is 10.2 Å². The molecule has 0 spiro atoms. The van der Waals surface area contributed by atoms with Crippen molar-refractivity contribution in [1.29, 1.82) is 0 Å². The van der Waals surface area contributed by atoms with Crippen molar-refractivity contribution in [1.82, 2.24) is 20.2 Å². The van der Waals surface area contributed by atoms with Crippen LogP contribution < -0.4 is 0 Å². The van der Waals surface area contributed by atoms with E-state index in [1.165, 1.54) is 4.80 Å². The molecule has 0 N–H and O–H groups in total. The third-order valence-corrected chi connectivity index (χ3v) is 3.71. The Kier molecular flexibility index (Phi) is 3.76. The molecule has 0 aliphatic carbocycles. The smallest absolute Gasteiger partial charge is 0.164 e. The van der Waals surface area contributed by atoms with E-state index in [-0.39, 0.29) is 5.82 Å². The van der Waals surface area contributed by atoms with Gasteiger partial charge in [-0.05, 0) is 12.1 Å². The fourth-order valence-corrected chi connectivity index (χ4v) is 1.03. The molecule has 1 aromatic rings. The first kappa shape index (κ1) is 12.6. The molecule has 0 aliphatic heterocycles. The molecule has 0 aromatic carbocycles. The van der Waals surface area contributed by atoms with Gasteiger partial charge in [-0.25, -0.2) is 0 Å². The third-order valence-electron chi connectivity index (χ3n) is 1.37. The van der Waals surface area contributed by atoms with Gasteiger partial charge in [0.15, 0.2) is 0 Å². The first-order valence-electron chi connectivity index (χ1n) is 3.52. The van der Waals surface area contributed by atoms with Gasteiger partial charge < -0.3 is 0 Å². The molecule has 0 radical (unpaired) electrons. The second kappa shape index (κ2) is 4.18. The van der Waals surface area contributed by atoms with Crippen LogP contribution in [0.3, 0.4) is 0 Å². The lowest BCUT2D eigenvalue weighted by Crippen LogP contribution is -2.29. The highest BCUT2D eigenvalue weighted by molar-refractivity contribution is 6.75. The van der Waals surface area contributed by atoms with Gasteiger partial charge in [-0.1, -0.05) is 58.0 Å². The fraction of sp³-hybridized carbons (Fsp3) is 0.800. The highest BCUT2D eigenvalue weighted by atomic mass is 35.6. The molecule has 14 heavy (non-hydrogen) atoms. The fourth-order valence-electron chi connectivity index (χ4n) is 0.630. The van der Waals surface area contributed by atoms with Crippen LogP contribution in [0.1, 0.15) is 12.7 Å². The lowest BCUT2D eigenvalue weighted by Gasteiger charge is -2.23. The van der Waals surface area contributed by atoms with E-state index in [4.69, 9.17) is 58.0 Å². The molecular weight excluding hydrogens is 293 g/mol. The van der Waals surface area contributed by atoms with Crippen LogP contribution in [0.15, 0.2) is 0 Å². The van der Waals surface area contributed by atoms with Gasteiger partial charge in [-0.2, -0.15) is 4.80 Å². The van der Waals surface area contributed by atoms with E-state index in [2.05, 4.69) is 15.4 Å². The van der Waals surface area contributed by atoms with Gasteiger partial charge in [0, 0.05) is 0 Å². The monoisotopic (exact) mass is 296 g/mol. The van der Waals surface area contributed by atoms with Crippen molar-refractivity contribution in [3.05, 3.63) is 5.82 Å². The molecule has 4 nitrogen and oxygen atoms in total. The first-order chi connectivity index (χ1) is 6.29. The highest BCUT2D eigenvalue weighted by Gasteiger charge is 2.51. The van der Waals surface area contributed by atoms with Crippen molar-refractivity contribution in [3.8, 4) is 0 Å². The largest absolute Gasteiger partial charge is 0.230 e. The Balaban J connectivity index is 3.04. The van der Waals surface area contributed by atoms with Crippen LogP contribution in [-0.2, 0) is 10.9 Å². The predicted octanol–water partition coefficient (Wildman–Crippen LogP) is 2.69. The number of aromatic nitrogens is 4. The van der Waals surface area contributed by atoms with Crippen molar-refractivity contribution in [2.24, 2.45) is 0 Å². The highest BCUT2D eigenvalue weighted by Crippen LogP contribution is 2.51. The maximum absolute atomic E-state index is 5.80. The molecule has 0 amide bonds. The summed E-state index contributed by atoms with van der Waals surface area (Å²) in [6.07, 6.45) is 0. The molecule has 0 fully saturated rings. The van der Waals surface area contributed by atoms with Gasteiger partial charge >= 0.3 is 0 Å². The zero-order chi connectivity index (χ0) is 11.0. The predicted molar refractivity (Wildman–Crippen MR) is 57.2 cm³/mol. The van der Waals surface area contributed by atoms with Crippen molar-refractivity contribution in [2.45, 2.75) is 21.6 Å². The topological polar surface area (TPSA) is 43.6 Å². The number of hydrogen-bond acceptors (Lipinski definition) is 3. The van der Waals surface area contributed by atoms with Crippen LogP contribution in [0.25, 0.3) is 0 Å². The third kappa shape index (κ3) is 2.36. The standard InChI is InChI=1S/C5H5Cl5N4/c1-2-14-12-3(11-13-14)4(6,7)5(8,9)10/h2H2,1H3. The zero-order valence-electron chi connectivity index (χ0n) is 6.89. The number of tetrazole rings is 1. The molecule has 9 heteroatoms. The Hall–Kier alpha value is 0.520. The summed E-state index contributed by atoms with van der Waals surface area (Å²) in [5.41, 5.74) is 0. The lowest BCUT2D eigenvalue weighted by molar-refractivity contribution is 0.549. The molecule has 0 atom stereocenters. The second-order valence-corrected chi connectivity index (χ2v) is 5.98. The Morgan fingerprint density at radius 1 is 1.21 bits per heavy atom. The van der Waals surface area contributed by atoms with E-state index in [1.54, 1.807) is 0 Å². The van der Waals surface area contributed by atoms with Crippen LogP contribution in [0, 0.1) is 0 Å². The van der Waals surface area contributed by atoms with E-state index in [0.717, 1.165) is 0 Å². The van der Waals surface area contributed by atoms with E-state index in [9.17, 15) is 0 Å². The van der Waals surface area contributed by atoms with Crippen LogP contribution in [0.2, 0.25) is 0 Å². The molecular formula is C5H5Cl5N4. The zero-order valence-corrected chi connectivity index (χ0v) is 10.7. The molecule has 0 unspecified atom stereocenters. The van der Waals surface area contributed by atoms with Crippen molar-refractivity contribution in [3.63, 3.8) is 0 Å². The summed E-state index contributed by atoms with van der Waals surface area (Å²) < 4.78 is -3.73. The summed E-state index contributed by atoms with van der Waals surface area (Å²) in [7, 11) is 0. The Bertz CT molecular complexity index is 316. The molecule has 0 saturated carbocycles. The summed E-state index contributed by atoms with van der Waals surface area (Å²) in [6.45, 7) is 2.35. The summed E-state index contributed by atoms with van der Waals surface area (Å²) in [6, 6.07) is 0. The molecule has 0 aliphatic rings. The van der Waals surface area contributed by atoms with Crippen molar-refractivity contribution >= 4 is 58.0 Å². The number of nitrogens with zero attached hydrogens (tertiary/aromatic N) is 4. The van der Waals surface area contributed by atoms with E-state index >= 15 is 0 Å². The van der Waals surface area contributed by atoms with Crippen LogP contribution in [-0.4, -0.2) is 24.0 Å². The summed E-state index contributed by atoms with van der Waals surface area (Å²) >= 11 is 28.3.